The summed E-state index contributed by atoms with van der Waals surface area (Å²) in [4.78, 5) is 11.4. The summed E-state index contributed by atoms with van der Waals surface area (Å²) < 4.78 is 20.6. The molecule has 0 unspecified atom stereocenters. The molecule has 16 heavy (non-hydrogen) atoms. The molecule has 0 bridgehead atoms. The summed E-state index contributed by atoms with van der Waals surface area (Å²) in [6, 6.07) is 0. The van der Waals surface area contributed by atoms with Crippen LogP contribution in [-0.4, -0.2) is 45.3 Å². The minimum absolute atomic E-state index is 0.0762. The van der Waals surface area contributed by atoms with Gasteiger partial charge in [-0.15, -0.1) is 0 Å². The molecule has 3 atom stereocenters. The lowest BCUT2D eigenvalue weighted by atomic mass is 9.96. The third-order valence-electron chi connectivity index (χ3n) is 2.61. The van der Waals surface area contributed by atoms with E-state index in [9.17, 15) is 4.79 Å². The first-order valence-electron chi connectivity index (χ1n) is 5.54. The summed E-state index contributed by atoms with van der Waals surface area (Å²) in [5, 5.41) is 0. The van der Waals surface area contributed by atoms with Crippen LogP contribution in [0.3, 0.4) is 0 Å². The summed E-state index contributed by atoms with van der Waals surface area (Å²) in [6.45, 7) is 4.91. The number of ether oxygens (including phenoxy) is 4. The Labute approximate surface area is 96.0 Å². The zero-order valence-electron chi connectivity index (χ0n) is 10.1. The maximum atomic E-state index is 11.4. The molecule has 0 aromatic rings. The molecule has 0 saturated carbocycles. The average Bonchev–Trinajstić information content (AvgIpc) is 2.24. The molecule has 0 radical (unpaired) electrons. The molecule has 0 N–H and O–H groups in total. The van der Waals surface area contributed by atoms with E-state index < -0.39 is 0 Å². The van der Waals surface area contributed by atoms with Gasteiger partial charge in [-0.25, -0.2) is 0 Å². The quantitative estimate of drug-likeness (QED) is 0.388. The van der Waals surface area contributed by atoms with Crippen molar-refractivity contribution in [3.05, 3.63) is 0 Å². The molecular weight excluding hydrogens is 212 g/mol. The van der Waals surface area contributed by atoms with E-state index >= 15 is 0 Å². The molecular formula is C11H20O5. The number of esters is 1. The summed E-state index contributed by atoms with van der Waals surface area (Å²) in [5.41, 5.74) is 0. The largest absolute Gasteiger partial charge is 0.462 e. The van der Waals surface area contributed by atoms with E-state index in [0.29, 0.717) is 13.2 Å². The maximum Gasteiger partial charge on any atom is 0.311 e. The average molecular weight is 232 g/mol. The van der Waals surface area contributed by atoms with Crippen LogP contribution >= 0.6 is 0 Å². The van der Waals surface area contributed by atoms with Gasteiger partial charge in [-0.3, -0.25) is 4.79 Å². The standard InChI is InChI=1S/C11H20O5/c1-8-6-10(9(2)11(12)16-8)15-7-14-5-4-13-3/h8-10H,4-7H2,1-3H3/t8-,9+,10+/m0/s1. The molecule has 0 aromatic carbocycles. The van der Waals surface area contributed by atoms with Gasteiger partial charge in [-0.1, -0.05) is 0 Å². The number of carbonyl (C=O) groups is 1. The molecule has 1 fully saturated rings. The van der Waals surface area contributed by atoms with E-state index in [4.69, 9.17) is 18.9 Å². The third-order valence-corrected chi connectivity index (χ3v) is 2.61. The smallest absolute Gasteiger partial charge is 0.311 e. The Hall–Kier alpha value is -0.650. The lowest BCUT2D eigenvalue weighted by Gasteiger charge is -2.31. The van der Waals surface area contributed by atoms with Crippen molar-refractivity contribution in [2.45, 2.75) is 32.5 Å². The van der Waals surface area contributed by atoms with Crippen LogP contribution in [0.15, 0.2) is 0 Å². The molecule has 1 aliphatic heterocycles. The van der Waals surface area contributed by atoms with Crippen LogP contribution in [0.4, 0.5) is 0 Å². The monoisotopic (exact) mass is 232 g/mol. The van der Waals surface area contributed by atoms with Crippen LogP contribution in [-0.2, 0) is 23.7 Å². The maximum absolute atomic E-state index is 11.4. The molecule has 0 aliphatic carbocycles. The van der Waals surface area contributed by atoms with Crippen LogP contribution in [0.5, 0.6) is 0 Å². The number of carbonyl (C=O) groups excluding carboxylic acids is 1. The highest BCUT2D eigenvalue weighted by Gasteiger charge is 2.34. The molecule has 5 nitrogen and oxygen atoms in total. The Bertz CT molecular complexity index is 218. The molecule has 1 heterocycles. The first-order valence-corrected chi connectivity index (χ1v) is 5.54. The minimum atomic E-state index is -0.220. The van der Waals surface area contributed by atoms with Gasteiger partial charge in [0, 0.05) is 13.5 Å². The lowest BCUT2D eigenvalue weighted by molar-refractivity contribution is -0.181. The Kier molecular flexibility index (Phi) is 5.73. The fourth-order valence-corrected chi connectivity index (χ4v) is 1.59. The zero-order valence-corrected chi connectivity index (χ0v) is 10.1. The van der Waals surface area contributed by atoms with Gasteiger partial charge in [-0.2, -0.15) is 0 Å². The normalized spacial score (nSPS) is 30.2. The highest BCUT2D eigenvalue weighted by molar-refractivity contribution is 5.73. The zero-order chi connectivity index (χ0) is 12.0. The number of rotatable bonds is 6. The van der Waals surface area contributed by atoms with E-state index in [0.717, 1.165) is 6.42 Å². The minimum Gasteiger partial charge on any atom is -0.462 e. The van der Waals surface area contributed by atoms with Crippen LogP contribution in [0.1, 0.15) is 20.3 Å². The third kappa shape index (κ3) is 4.08. The van der Waals surface area contributed by atoms with Crippen molar-refractivity contribution in [3.8, 4) is 0 Å². The van der Waals surface area contributed by atoms with E-state index in [-0.39, 0.29) is 30.9 Å². The second kappa shape index (κ2) is 6.83. The fraction of sp³-hybridized carbons (Fsp3) is 0.909. The topological polar surface area (TPSA) is 54.0 Å². The van der Waals surface area contributed by atoms with Gasteiger partial charge in [0.1, 0.15) is 12.9 Å². The van der Waals surface area contributed by atoms with Crippen molar-refractivity contribution in [2.75, 3.05) is 27.1 Å². The van der Waals surface area contributed by atoms with Gasteiger partial charge >= 0.3 is 5.97 Å². The Balaban J connectivity index is 2.21. The highest BCUT2D eigenvalue weighted by atomic mass is 16.7. The van der Waals surface area contributed by atoms with E-state index in [1.165, 1.54) is 0 Å². The first-order chi connectivity index (χ1) is 7.65. The summed E-state index contributed by atoms with van der Waals surface area (Å²) in [7, 11) is 1.62. The second-order valence-corrected chi connectivity index (χ2v) is 4.00. The van der Waals surface area contributed by atoms with Crippen LogP contribution in [0, 0.1) is 5.92 Å². The fourth-order valence-electron chi connectivity index (χ4n) is 1.59. The summed E-state index contributed by atoms with van der Waals surface area (Å²) in [5.74, 6) is -0.414. The predicted octanol–water partition coefficient (Wildman–Crippen LogP) is 0.964. The van der Waals surface area contributed by atoms with Gasteiger partial charge in [-0.05, 0) is 13.8 Å². The van der Waals surface area contributed by atoms with E-state index in [1.807, 2.05) is 13.8 Å². The van der Waals surface area contributed by atoms with Crippen molar-refractivity contribution < 1.29 is 23.7 Å². The number of methoxy groups -OCH3 is 1. The van der Waals surface area contributed by atoms with Crippen molar-refractivity contribution in [1.29, 1.82) is 0 Å². The predicted molar refractivity (Wildman–Crippen MR) is 56.9 cm³/mol. The van der Waals surface area contributed by atoms with E-state index in [1.54, 1.807) is 7.11 Å². The van der Waals surface area contributed by atoms with Crippen LogP contribution < -0.4 is 0 Å². The number of cyclic esters (lactones) is 1. The first kappa shape index (κ1) is 13.4. The SMILES string of the molecule is COCCOCO[C@@H]1C[C@H](C)OC(=O)[C@@H]1C. The van der Waals surface area contributed by atoms with E-state index in [2.05, 4.69) is 0 Å². The number of hydrogen-bond acceptors (Lipinski definition) is 5. The summed E-state index contributed by atoms with van der Waals surface area (Å²) >= 11 is 0. The van der Waals surface area contributed by atoms with Crippen molar-refractivity contribution in [1.82, 2.24) is 0 Å². The molecule has 1 aliphatic rings. The van der Waals surface area contributed by atoms with Crippen molar-refractivity contribution in [2.24, 2.45) is 5.92 Å². The molecule has 1 saturated heterocycles. The molecule has 0 aromatic heterocycles. The van der Waals surface area contributed by atoms with Gasteiger partial charge in [0.15, 0.2) is 0 Å². The number of hydrogen-bond donors (Lipinski definition) is 0. The van der Waals surface area contributed by atoms with Crippen LogP contribution in [0.25, 0.3) is 0 Å². The molecule has 0 amide bonds. The molecule has 94 valence electrons. The lowest BCUT2D eigenvalue weighted by Crippen LogP contribution is -2.40. The van der Waals surface area contributed by atoms with Gasteiger partial charge in [0.2, 0.25) is 0 Å². The van der Waals surface area contributed by atoms with Crippen molar-refractivity contribution >= 4 is 5.97 Å². The molecule has 0 spiro atoms. The Morgan fingerprint density at radius 3 is 2.81 bits per heavy atom. The molecule has 1 rings (SSSR count). The second-order valence-electron chi connectivity index (χ2n) is 4.00. The van der Waals surface area contributed by atoms with Crippen molar-refractivity contribution in [3.63, 3.8) is 0 Å². The van der Waals surface area contributed by atoms with Gasteiger partial charge in [0.05, 0.1) is 25.2 Å². The van der Waals surface area contributed by atoms with Crippen LogP contribution in [0.2, 0.25) is 0 Å². The molecule has 5 heteroatoms. The Morgan fingerprint density at radius 2 is 2.12 bits per heavy atom. The summed E-state index contributed by atoms with van der Waals surface area (Å²) in [6.07, 6.45) is 0.534. The van der Waals surface area contributed by atoms with Gasteiger partial charge < -0.3 is 18.9 Å². The Morgan fingerprint density at radius 1 is 1.38 bits per heavy atom. The highest BCUT2D eigenvalue weighted by Crippen LogP contribution is 2.23. The van der Waals surface area contributed by atoms with Gasteiger partial charge in [0.25, 0.3) is 0 Å².